The lowest BCUT2D eigenvalue weighted by Crippen LogP contribution is -2.39. The molecule has 0 aromatic heterocycles. The minimum atomic E-state index is 0.388. The van der Waals surface area contributed by atoms with Crippen LogP contribution in [0.2, 0.25) is 0 Å². The summed E-state index contributed by atoms with van der Waals surface area (Å²) in [6.07, 6.45) is 0. The fourth-order valence-electron chi connectivity index (χ4n) is 1.70. The molecule has 0 saturated carbocycles. The topological polar surface area (TPSA) is 34.1 Å². The summed E-state index contributed by atoms with van der Waals surface area (Å²) < 4.78 is 10.4. The molecular weight excluding hydrogens is 284 g/mol. The Kier molecular flexibility index (Phi) is 5.13. The van der Waals surface area contributed by atoms with Gasteiger partial charge in [0, 0.05) is 18.7 Å². The number of rotatable bonds is 2. The third-order valence-electron chi connectivity index (χ3n) is 2.80. The summed E-state index contributed by atoms with van der Waals surface area (Å²) in [5.74, 6) is 0.781. The number of methoxy groups -OCH3 is 1. The predicted octanol–water partition coefficient (Wildman–Crippen LogP) is 2.30. The van der Waals surface area contributed by atoms with E-state index in [1.165, 1.54) is 0 Å². The van der Waals surface area contributed by atoms with E-state index < -0.39 is 0 Å². The van der Waals surface area contributed by atoms with Gasteiger partial charge in [-0.05, 0) is 36.5 Å². The minimum Gasteiger partial charge on any atom is -0.497 e. The molecule has 0 bridgehead atoms. The van der Waals surface area contributed by atoms with E-state index in [2.05, 4.69) is 4.99 Å². The largest absolute Gasteiger partial charge is 0.497 e. The lowest BCUT2D eigenvalue weighted by molar-refractivity contribution is 0.0686. The van der Waals surface area contributed by atoms with Crippen LogP contribution in [0.4, 0.5) is 0 Å². The first-order chi connectivity index (χ1) is 9.20. The van der Waals surface area contributed by atoms with Crippen molar-refractivity contribution in [3.8, 4) is 5.75 Å². The van der Waals surface area contributed by atoms with Crippen molar-refractivity contribution in [1.82, 2.24) is 4.90 Å². The standard InChI is InChI=1S/C13H15ClN2O2S/c1-17-11-4-2-10(3-5-11)12(14)15-13(19)16-6-8-18-9-7-16/h2-5H,6-9H2,1H3/b15-12-. The molecule has 0 aliphatic carbocycles. The van der Waals surface area contributed by atoms with Crippen LogP contribution in [0.25, 0.3) is 0 Å². The van der Waals surface area contributed by atoms with Crippen LogP contribution in [0.5, 0.6) is 5.75 Å². The fraction of sp³-hybridized carbons (Fsp3) is 0.385. The van der Waals surface area contributed by atoms with Gasteiger partial charge < -0.3 is 14.4 Å². The molecule has 19 heavy (non-hydrogen) atoms. The van der Waals surface area contributed by atoms with Gasteiger partial charge in [0.1, 0.15) is 10.9 Å². The first-order valence-corrected chi connectivity index (χ1v) is 6.74. The van der Waals surface area contributed by atoms with Gasteiger partial charge in [-0.15, -0.1) is 0 Å². The summed E-state index contributed by atoms with van der Waals surface area (Å²) >= 11 is 11.5. The van der Waals surface area contributed by atoms with Crippen molar-refractivity contribution in [2.45, 2.75) is 0 Å². The molecule has 1 aromatic rings. The quantitative estimate of drug-likeness (QED) is 0.620. The zero-order chi connectivity index (χ0) is 13.7. The molecule has 0 N–H and O–H groups in total. The molecular formula is C13H15ClN2O2S. The van der Waals surface area contributed by atoms with Crippen LogP contribution >= 0.6 is 23.8 Å². The molecule has 0 spiro atoms. The van der Waals surface area contributed by atoms with Gasteiger partial charge in [-0.3, -0.25) is 0 Å². The smallest absolute Gasteiger partial charge is 0.196 e. The average molecular weight is 299 g/mol. The molecule has 6 heteroatoms. The molecule has 0 amide bonds. The maximum Gasteiger partial charge on any atom is 0.196 e. The van der Waals surface area contributed by atoms with Crippen molar-refractivity contribution in [3.63, 3.8) is 0 Å². The molecule has 1 aliphatic heterocycles. The highest BCUT2D eigenvalue weighted by Gasteiger charge is 2.13. The van der Waals surface area contributed by atoms with Crippen LogP contribution in [0.1, 0.15) is 5.56 Å². The Balaban J connectivity index is 2.06. The molecule has 102 valence electrons. The Morgan fingerprint density at radius 1 is 1.32 bits per heavy atom. The van der Waals surface area contributed by atoms with E-state index in [1.54, 1.807) is 7.11 Å². The maximum atomic E-state index is 6.18. The Hall–Kier alpha value is -1.17. The Labute approximate surface area is 123 Å². The van der Waals surface area contributed by atoms with Crippen molar-refractivity contribution in [2.75, 3.05) is 33.4 Å². The van der Waals surface area contributed by atoms with Crippen LogP contribution in [-0.4, -0.2) is 48.6 Å². The summed E-state index contributed by atoms with van der Waals surface area (Å²) in [4.78, 5) is 6.26. The lowest BCUT2D eigenvalue weighted by Gasteiger charge is -2.26. The highest BCUT2D eigenvalue weighted by molar-refractivity contribution is 7.80. The summed E-state index contributed by atoms with van der Waals surface area (Å²) in [5.41, 5.74) is 0.818. The van der Waals surface area contributed by atoms with Gasteiger partial charge in [0.05, 0.1) is 20.3 Å². The molecule has 1 fully saturated rings. The van der Waals surface area contributed by atoms with Gasteiger partial charge >= 0.3 is 0 Å². The Morgan fingerprint density at radius 2 is 1.95 bits per heavy atom. The molecule has 0 unspecified atom stereocenters. The third kappa shape index (κ3) is 3.89. The second kappa shape index (κ2) is 6.84. The Bertz CT molecular complexity index is 470. The number of aliphatic imine (C=N–C) groups is 1. The summed E-state index contributed by atoms with van der Waals surface area (Å²) in [7, 11) is 1.62. The van der Waals surface area contributed by atoms with Gasteiger partial charge in [0.2, 0.25) is 0 Å². The van der Waals surface area contributed by atoms with Crippen LogP contribution in [0.3, 0.4) is 0 Å². The van der Waals surface area contributed by atoms with E-state index in [1.807, 2.05) is 29.2 Å². The predicted molar refractivity (Wildman–Crippen MR) is 80.4 cm³/mol. The number of nitrogens with zero attached hydrogens (tertiary/aromatic N) is 2. The van der Waals surface area contributed by atoms with Crippen LogP contribution in [0.15, 0.2) is 29.3 Å². The number of ether oxygens (including phenoxy) is 2. The highest BCUT2D eigenvalue weighted by Crippen LogP contribution is 2.14. The molecule has 1 heterocycles. The second-order valence-electron chi connectivity index (χ2n) is 4.01. The monoisotopic (exact) mass is 298 g/mol. The van der Waals surface area contributed by atoms with Crippen molar-refractivity contribution >= 4 is 34.1 Å². The molecule has 1 aliphatic rings. The molecule has 0 atom stereocenters. The summed E-state index contributed by atoms with van der Waals surface area (Å²) in [5, 5.41) is 0.892. The number of benzene rings is 1. The third-order valence-corrected chi connectivity index (χ3v) is 3.46. The minimum absolute atomic E-state index is 0.388. The van der Waals surface area contributed by atoms with E-state index in [9.17, 15) is 0 Å². The van der Waals surface area contributed by atoms with Crippen molar-refractivity contribution in [2.24, 2.45) is 4.99 Å². The van der Waals surface area contributed by atoms with E-state index in [4.69, 9.17) is 33.3 Å². The average Bonchev–Trinajstić information content (AvgIpc) is 2.48. The van der Waals surface area contributed by atoms with Gasteiger partial charge in [-0.2, -0.15) is 0 Å². The molecule has 1 aromatic carbocycles. The Morgan fingerprint density at radius 3 is 2.53 bits per heavy atom. The molecule has 2 rings (SSSR count). The molecule has 4 nitrogen and oxygen atoms in total. The first-order valence-electron chi connectivity index (χ1n) is 5.96. The summed E-state index contributed by atoms with van der Waals surface area (Å²) in [6, 6.07) is 7.38. The zero-order valence-electron chi connectivity index (χ0n) is 10.6. The number of morpholine rings is 1. The van der Waals surface area contributed by atoms with Gasteiger partial charge in [-0.1, -0.05) is 11.6 Å². The lowest BCUT2D eigenvalue weighted by atomic mass is 10.2. The number of halogens is 1. The van der Waals surface area contributed by atoms with Gasteiger partial charge in [0.25, 0.3) is 0 Å². The summed E-state index contributed by atoms with van der Waals surface area (Å²) in [6.45, 7) is 2.87. The zero-order valence-corrected chi connectivity index (χ0v) is 12.2. The van der Waals surface area contributed by atoms with E-state index >= 15 is 0 Å². The van der Waals surface area contributed by atoms with Crippen molar-refractivity contribution < 1.29 is 9.47 Å². The highest BCUT2D eigenvalue weighted by atomic mass is 35.5. The van der Waals surface area contributed by atoms with E-state index in [-0.39, 0.29) is 0 Å². The molecule has 0 radical (unpaired) electrons. The van der Waals surface area contributed by atoms with E-state index in [0.717, 1.165) is 24.4 Å². The van der Waals surface area contributed by atoms with Gasteiger partial charge in [0.15, 0.2) is 5.11 Å². The van der Waals surface area contributed by atoms with Crippen molar-refractivity contribution in [3.05, 3.63) is 29.8 Å². The fourth-order valence-corrected chi connectivity index (χ4v) is 2.23. The number of hydrogen-bond donors (Lipinski definition) is 0. The SMILES string of the molecule is COc1ccc(/C(Cl)=N/C(=S)N2CCOCC2)cc1. The van der Waals surface area contributed by atoms with Crippen LogP contribution in [0, 0.1) is 0 Å². The van der Waals surface area contributed by atoms with Crippen molar-refractivity contribution in [1.29, 1.82) is 0 Å². The first kappa shape index (κ1) is 14.2. The maximum absolute atomic E-state index is 6.18. The van der Waals surface area contributed by atoms with Gasteiger partial charge in [-0.25, -0.2) is 4.99 Å². The van der Waals surface area contributed by atoms with E-state index in [0.29, 0.717) is 23.5 Å². The normalized spacial score (nSPS) is 16.3. The second-order valence-corrected chi connectivity index (χ2v) is 4.74. The molecule has 1 saturated heterocycles. The number of thiocarbonyl (C=S) groups is 1. The number of hydrogen-bond acceptors (Lipinski definition) is 3. The van der Waals surface area contributed by atoms with Crippen LogP contribution in [-0.2, 0) is 4.74 Å². The van der Waals surface area contributed by atoms with Crippen LogP contribution < -0.4 is 4.74 Å².